The fourth-order valence-electron chi connectivity index (χ4n) is 1.91. The summed E-state index contributed by atoms with van der Waals surface area (Å²) in [5, 5.41) is 0. The minimum Gasteiger partial charge on any atom is -0.495 e. The van der Waals surface area contributed by atoms with Crippen molar-refractivity contribution in [1.82, 2.24) is 0 Å². The molecular weight excluding hydrogens is 190 g/mol. The summed E-state index contributed by atoms with van der Waals surface area (Å²) in [6.07, 6.45) is 0.927. The molecule has 0 aromatic heterocycles. The first-order valence-corrected chi connectivity index (χ1v) is 5.18. The Morgan fingerprint density at radius 2 is 2.13 bits per heavy atom. The zero-order chi connectivity index (χ0) is 10.8. The average molecular weight is 205 g/mol. The normalized spacial score (nSPS) is 20.8. The fourth-order valence-corrected chi connectivity index (χ4v) is 1.91. The molecule has 80 valence electrons. The topological polar surface area (TPSA) is 29.5 Å². The van der Waals surface area contributed by atoms with Crippen LogP contribution in [0, 0.1) is 5.92 Å². The number of ether oxygens (including phenoxy) is 1. The lowest BCUT2D eigenvalue weighted by atomic mass is 10.1. The van der Waals surface area contributed by atoms with Crippen LogP contribution in [0.5, 0.6) is 5.75 Å². The lowest BCUT2D eigenvalue weighted by Crippen LogP contribution is -2.26. The van der Waals surface area contributed by atoms with Gasteiger partial charge in [-0.05, 0) is 18.6 Å². The number of amides is 1. The summed E-state index contributed by atoms with van der Waals surface area (Å²) >= 11 is 0. The number of methoxy groups -OCH3 is 1. The van der Waals surface area contributed by atoms with Crippen molar-refractivity contribution in [2.75, 3.05) is 18.6 Å². The van der Waals surface area contributed by atoms with Gasteiger partial charge in [0.15, 0.2) is 0 Å². The molecule has 1 saturated heterocycles. The van der Waals surface area contributed by atoms with E-state index in [1.54, 1.807) is 7.11 Å². The number of carbonyl (C=O) groups excluding carboxylic acids is 1. The standard InChI is InChI=1S/C12H15NO2/c1-9-7-8-13(12(9)14)10-5-3-4-6-11(10)15-2/h3-6,9H,7-8H2,1-2H3. The quantitative estimate of drug-likeness (QED) is 0.739. The minimum absolute atomic E-state index is 0.134. The largest absolute Gasteiger partial charge is 0.495 e. The molecule has 0 saturated carbocycles. The number of rotatable bonds is 2. The molecule has 0 aliphatic carbocycles. The first-order chi connectivity index (χ1) is 7.24. The maximum absolute atomic E-state index is 11.8. The zero-order valence-electron chi connectivity index (χ0n) is 9.06. The van der Waals surface area contributed by atoms with E-state index in [1.165, 1.54) is 0 Å². The summed E-state index contributed by atoms with van der Waals surface area (Å²) in [5.74, 6) is 1.09. The molecular formula is C12H15NO2. The first-order valence-electron chi connectivity index (χ1n) is 5.18. The van der Waals surface area contributed by atoms with E-state index < -0.39 is 0 Å². The van der Waals surface area contributed by atoms with Crippen molar-refractivity contribution in [1.29, 1.82) is 0 Å². The van der Waals surface area contributed by atoms with Crippen molar-refractivity contribution < 1.29 is 9.53 Å². The Hall–Kier alpha value is -1.51. The molecule has 1 aliphatic heterocycles. The van der Waals surface area contributed by atoms with E-state index in [2.05, 4.69) is 0 Å². The van der Waals surface area contributed by atoms with Crippen LogP contribution in [0.4, 0.5) is 5.69 Å². The maximum atomic E-state index is 11.8. The van der Waals surface area contributed by atoms with Gasteiger partial charge in [-0.3, -0.25) is 4.79 Å². The van der Waals surface area contributed by atoms with Crippen LogP contribution in [0.1, 0.15) is 13.3 Å². The van der Waals surface area contributed by atoms with Gasteiger partial charge in [0.05, 0.1) is 12.8 Å². The van der Waals surface area contributed by atoms with Gasteiger partial charge in [-0.1, -0.05) is 19.1 Å². The Balaban J connectivity index is 2.33. The molecule has 1 heterocycles. The maximum Gasteiger partial charge on any atom is 0.229 e. The van der Waals surface area contributed by atoms with Crippen LogP contribution < -0.4 is 9.64 Å². The molecule has 15 heavy (non-hydrogen) atoms. The van der Waals surface area contributed by atoms with Gasteiger partial charge < -0.3 is 9.64 Å². The van der Waals surface area contributed by atoms with Crippen LogP contribution in [0.3, 0.4) is 0 Å². The summed E-state index contributed by atoms with van der Waals surface area (Å²) in [6.45, 7) is 2.76. The molecule has 0 bridgehead atoms. The van der Waals surface area contributed by atoms with Crippen LogP contribution in [-0.2, 0) is 4.79 Å². The van der Waals surface area contributed by atoms with Crippen LogP contribution >= 0.6 is 0 Å². The van der Waals surface area contributed by atoms with Crippen LogP contribution in [0.2, 0.25) is 0 Å². The number of carbonyl (C=O) groups is 1. The Bertz CT molecular complexity index is 376. The highest BCUT2D eigenvalue weighted by atomic mass is 16.5. The molecule has 1 atom stereocenters. The zero-order valence-corrected chi connectivity index (χ0v) is 9.06. The van der Waals surface area contributed by atoms with Crippen molar-refractivity contribution in [3.8, 4) is 5.75 Å². The third-order valence-corrected chi connectivity index (χ3v) is 2.85. The average Bonchev–Trinajstić information content (AvgIpc) is 2.60. The van der Waals surface area contributed by atoms with Crippen molar-refractivity contribution in [2.45, 2.75) is 13.3 Å². The fraction of sp³-hybridized carbons (Fsp3) is 0.417. The monoisotopic (exact) mass is 205 g/mol. The number of benzene rings is 1. The lowest BCUT2D eigenvalue weighted by molar-refractivity contribution is -0.119. The number of anilines is 1. The van der Waals surface area contributed by atoms with E-state index >= 15 is 0 Å². The van der Waals surface area contributed by atoms with Crippen LogP contribution in [-0.4, -0.2) is 19.6 Å². The molecule has 3 nitrogen and oxygen atoms in total. The Morgan fingerprint density at radius 3 is 2.73 bits per heavy atom. The molecule has 1 fully saturated rings. The van der Waals surface area contributed by atoms with Gasteiger partial charge in [-0.15, -0.1) is 0 Å². The highest BCUT2D eigenvalue weighted by molar-refractivity contribution is 5.98. The number of hydrogen-bond donors (Lipinski definition) is 0. The van der Waals surface area contributed by atoms with E-state index in [9.17, 15) is 4.79 Å². The second-order valence-electron chi connectivity index (χ2n) is 3.85. The molecule has 1 aromatic rings. The number of nitrogens with zero attached hydrogens (tertiary/aromatic N) is 1. The summed E-state index contributed by atoms with van der Waals surface area (Å²) in [6, 6.07) is 7.64. The highest BCUT2D eigenvalue weighted by Gasteiger charge is 2.30. The van der Waals surface area contributed by atoms with Crippen molar-refractivity contribution in [3.05, 3.63) is 24.3 Å². The summed E-state index contributed by atoms with van der Waals surface area (Å²) in [4.78, 5) is 13.7. The van der Waals surface area contributed by atoms with Gasteiger partial charge in [0.25, 0.3) is 0 Å². The first kappa shape index (κ1) is 10.0. The van der Waals surface area contributed by atoms with Gasteiger partial charge in [0.2, 0.25) is 5.91 Å². The number of para-hydroxylation sites is 2. The Morgan fingerprint density at radius 1 is 1.40 bits per heavy atom. The molecule has 3 heteroatoms. The molecule has 0 spiro atoms. The Labute approximate surface area is 89.7 Å². The van der Waals surface area contributed by atoms with E-state index in [0.717, 1.165) is 24.4 Å². The third-order valence-electron chi connectivity index (χ3n) is 2.85. The molecule has 1 aliphatic rings. The summed E-state index contributed by atoms with van der Waals surface area (Å²) in [7, 11) is 1.63. The summed E-state index contributed by atoms with van der Waals surface area (Å²) < 4.78 is 5.25. The van der Waals surface area contributed by atoms with E-state index in [-0.39, 0.29) is 11.8 Å². The van der Waals surface area contributed by atoms with Crippen molar-refractivity contribution in [3.63, 3.8) is 0 Å². The molecule has 2 rings (SSSR count). The second kappa shape index (κ2) is 3.93. The van der Waals surface area contributed by atoms with Crippen LogP contribution in [0.15, 0.2) is 24.3 Å². The van der Waals surface area contributed by atoms with E-state index in [4.69, 9.17) is 4.74 Å². The molecule has 0 N–H and O–H groups in total. The third kappa shape index (κ3) is 1.69. The van der Waals surface area contributed by atoms with E-state index in [0.29, 0.717) is 0 Å². The van der Waals surface area contributed by atoms with Gasteiger partial charge in [-0.25, -0.2) is 0 Å². The SMILES string of the molecule is COc1ccccc1N1CCC(C)C1=O. The number of hydrogen-bond acceptors (Lipinski definition) is 2. The van der Waals surface area contributed by atoms with Gasteiger partial charge in [0, 0.05) is 12.5 Å². The Kier molecular flexibility index (Phi) is 2.62. The van der Waals surface area contributed by atoms with Crippen LogP contribution in [0.25, 0.3) is 0 Å². The predicted molar refractivity (Wildman–Crippen MR) is 59.1 cm³/mol. The second-order valence-corrected chi connectivity index (χ2v) is 3.85. The molecule has 1 aromatic carbocycles. The molecule has 1 amide bonds. The van der Waals surface area contributed by atoms with Gasteiger partial charge in [-0.2, -0.15) is 0 Å². The van der Waals surface area contributed by atoms with E-state index in [1.807, 2.05) is 36.1 Å². The molecule has 0 radical (unpaired) electrons. The summed E-state index contributed by atoms with van der Waals surface area (Å²) in [5.41, 5.74) is 0.884. The van der Waals surface area contributed by atoms with Gasteiger partial charge >= 0.3 is 0 Å². The van der Waals surface area contributed by atoms with Gasteiger partial charge in [0.1, 0.15) is 5.75 Å². The van der Waals surface area contributed by atoms with Crippen molar-refractivity contribution >= 4 is 11.6 Å². The predicted octanol–water partition coefficient (Wildman–Crippen LogP) is 2.07. The minimum atomic E-state index is 0.134. The smallest absolute Gasteiger partial charge is 0.229 e. The highest BCUT2D eigenvalue weighted by Crippen LogP contribution is 2.32. The van der Waals surface area contributed by atoms with Crippen molar-refractivity contribution in [2.24, 2.45) is 5.92 Å². The molecule has 1 unspecified atom stereocenters. The lowest BCUT2D eigenvalue weighted by Gasteiger charge is -2.18.